The Bertz CT molecular complexity index is 1770. The van der Waals surface area contributed by atoms with Crippen molar-refractivity contribution in [2.45, 2.75) is 83.0 Å². The number of aryl methyl sites for hydroxylation is 1. The van der Waals surface area contributed by atoms with Crippen LogP contribution in [0.1, 0.15) is 67.6 Å². The quantitative estimate of drug-likeness (QED) is 0.237. The lowest BCUT2D eigenvalue weighted by Crippen LogP contribution is -2.59. The van der Waals surface area contributed by atoms with Crippen LogP contribution in [0.4, 0.5) is 0 Å². The van der Waals surface area contributed by atoms with Gasteiger partial charge in [-0.1, -0.05) is 50.2 Å². The number of piperidine rings is 1. The molecule has 3 atom stereocenters. The first-order chi connectivity index (χ1) is 27.1. The molecule has 2 bridgehead atoms. The van der Waals surface area contributed by atoms with Crippen molar-refractivity contribution >= 4 is 29.5 Å². The number of benzene rings is 2. The molecule has 1 aromatic heterocycles. The molecule has 2 aliphatic heterocycles. The molecule has 0 spiro atoms. The zero-order valence-corrected chi connectivity index (χ0v) is 32.4. The number of carbonyl (C=O) groups excluding carboxylic acids is 5. The zero-order chi connectivity index (χ0) is 39.9. The Labute approximate surface area is 328 Å². The molecule has 5 N–H and O–H groups in total. The molecule has 15 nitrogen and oxygen atoms in total. The number of hydrogen-bond donors (Lipinski definition) is 5. The van der Waals surface area contributed by atoms with Gasteiger partial charge in [-0.3, -0.25) is 29.0 Å². The van der Waals surface area contributed by atoms with E-state index >= 15 is 0 Å². The Balaban J connectivity index is 1.34. The fourth-order valence-electron chi connectivity index (χ4n) is 6.85. The highest BCUT2D eigenvalue weighted by atomic mass is 16.5. The Kier molecular flexibility index (Phi) is 15.5. The summed E-state index contributed by atoms with van der Waals surface area (Å²) in [5.74, 6) is -0.977. The fourth-order valence-corrected chi connectivity index (χ4v) is 6.85. The van der Waals surface area contributed by atoms with Gasteiger partial charge in [-0.05, 0) is 67.7 Å². The van der Waals surface area contributed by atoms with E-state index in [0.717, 1.165) is 11.1 Å². The van der Waals surface area contributed by atoms with Gasteiger partial charge in [0.2, 0.25) is 17.7 Å². The Hall–Kier alpha value is -5.57. The van der Waals surface area contributed by atoms with Crippen LogP contribution in [0.5, 0.6) is 11.5 Å². The summed E-state index contributed by atoms with van der Waals surface area (Å²) in [4.78, 5) is 77.4. The predicted molar refractivity (Wildman–Crippen MR) is 209 cm³/mol. The maximum absolute atomic E-state index is 14.2. The minimum absolute atomic E-state index is 0.0978. The Morgan fingerprint density at radius 3 is 2.41 bits per heavy atom. The van der Waals surface area contributed by atoms with Crippen molar-refractivity contribution in [1.82, 2.24) is 41.5 Å². The molecule has 0 saturated carbocycles. The molecule has 56 heavy (non-hydrogen) atoms. The second-order valence-electron chi connectivity index (χ2n) is 14.5. The lowest BCUT2D eigenvalue weighted by atomic mass is 9.99. The third kappa shape index (κ3) is 12.2. The van der Waals surface area contributed by atoms with Crippen molar-refractivity contribution in [2.24, 2.45) is 5.92 Å². The summed E-state index contributed by atoms with van der Waals surface area (Å²) < 4.78 is 11.3. The largest absolute Gasteiger partial charge is 0.493 e. The number of fused-ring (bicyclic) bond motifs is 2. The van der Waals surface area contributed by atoms with Gasteiger partial charge < -0.3 is 41.0 Å². The molecule has 5 rings (SSSR count). The summed E-state index contributed by atoms with van der Waals surface area (Å²) in [6.45, 7) is 5.08. The molecule has 0 aliphatic carbocycles. The maximum atomic E-state index is 14.2. The van der Waals surface area contributed by atoms with E-state index in [1.54, 1.807) is 11.0 Å². The maximum Gasteiger partial charge on any atom is 0.274 e. The van der Waals surface area contributed by atoms with Gasteiger partial charge in [-0.25, -0.2) is 4.98 Å². The molecule has 300 valence electrons. The highest BCUT2D eigenvalue weighted by molar-refractivity contribution is 5.93. The summed E-state index contributed by atoms with van der Waals surface area (Å²) in [5, 5.41) is 15.3. The number of rotatable bonds is 7. The van der Waals surface area contributed by atoms with Gasteiger partial charge in [0, 0.05) is 51.0 Å². The zero-order valence-electron chi connectivity index (χ0n) is 32.4. The van der Waals surface area contributed by atoms with E-state index in [0.29, 0.717) is 69.7 Å². The van der Waals surface area contributed by atoms with Crippen LogP contribution in [-0.4, -0.2) is 108 Å². The number of hydrogen-bond acceptors (Lipinski definition) is 10. The first-order valence-corrected chi connectivity index (χ1v) is 19.4. The molecule has 1 fully saturated rings. The van der Waals surface area contributed by atoms with Crippen LogP contribution < -0.4 is 36.1 Å². The normalized spacial score (nSPS) is 21.3. The van der Waals surface area contributed by atoms with Gasteiger partial charge in [0.25, 0.3) is 11.8 Å². The molecule has 2 aliphatic rings. The summed E-state index contributed by atoms with van der Waals surface area (Å²) in [6.07, 6.45) is 7.88. The van der Waals surface area contributed by atoms with Gasteiger partial charge in [-0.2, -0.15) is 0 Å². The average molecular weight is 771 g/mol. The van der Waals surface area contributed by atoms with Gasteiger partial charge in [0.1, 0.15) is 17.8 Å². The minimum Gasteiger partial charge on any atom is -0.493 e. The van der Waals surface area contributed by atoms with Gasteiger partial charge in [-0.15, -0.1) is 0 Å². The molecule has 1 saturated heterocycles. The number of nitrogens with zero attached hydrogens (tertiary/aromatic N) is 3. The van der Waals surface area contributed by atoms with Crippen LogP contribution >= 0.6 is 0 Å². The number of nitrogens with one attached hydrogen (secondary N) is 5. The first kappa shape index (κ1) is 41.6. The lowest BCUT2D eigenvalue weighted by Gasteiger charge is -2.34. The van der Waals surface area contributed by atoms with Gasteiger partial charge >= 0.3 is 0 Å². The Morgan fingerprint density at radius 2 is 1.70 bits per heavy atom. The van der Waals surface area contributed by atoms with Crippen molar-refractivity contribution in [3.8, 4) is 11.5 Å². The smallest absolute Gasteiger partial charge is 0.274 e. The van der Waals surface area contributed by atoms with Crippen molar-refractivity contribution in [3.63, 3.8) is 0 Å². The number of ether oxygens (including phenoxy) is 2. The molecule has 2 aromatic carbocycles. The lowest BCUT2D eigenvalue weighted by molar-refractivity contribution is -0.133. The van der Waals surface area contributed by atoms with Crippen LogP contribution in [0.25, 0.3) is 0 Å². The second kappa shape index (κ2) is 20.9. The van der Waals surface area contributed by atoms with Crippen LogP contribution in [0.15, 0.2) is 67.1 Å². The molecule has 3 heterocycles. The third-order valence-corrected chi connectivity index (χ3v) is 10.0. The predicted octanol–water partition coefficient (Wildman–Crippen LogP) is 1.95. The van der Waals surface area contributed by atoms with Gasteiger partial charge in [0.05, 0.1) is 19.3 Å². The molecule has 5 amide bonds. The number of aromatic nitrogens is 2. The summed E-state index contributed by atoms with van der Waals surface area (Å²) in [5.41, 5.74) is 2.07. The number of carbonyl (C=O) groups is 5. The number of likely N-dealkylation sites (tertiary alicyclic amines) is 1. The van der Waals surface area contributed by atoms with E-state index in [1.807, 2.05) is 56.3 Å². The highest BCUT2D eigenvalue weighted by Gasteiger charge is 2.32. The summed E-state index contributed by atoms with van der Waals surface area (Å²) in [7, 11) is 1.53. The monoisotopic (exact) mass is 770 g/mol. The first-order valence-electron chi connectivity index (χ1n) is 19.4. The fraction of sp³-hybridized carbons (Fsp3) is 0.488. The third-order valence-electron chi connectivity index (χ3n) is 10.0. The summed E-state index contributed by atoms with van der Waals surface area (Å²) in [6, 6.07) is 12.3. The van der Waals surface area contributed by atoms with E-state index in [2.05, 4.69) is 36.6 Å². The topological polar surface area (TPSA) is 193 Å². The Morgan fingerprint density at radius 1 is 0.929 bits per heavy atom. The minimum atomic E-state index is -0.978. The molecule has 0 unspecified atom stereocenters. The van der Waals surface area contributed by atoms with Crippen LogP contribution in [0, 0.1) is 5.92 Å². The van der Waals surface area contributed by atoms with E-state index in [-0.39, 0.29) is 60.9 Å². The van der Waals surface area contributed by atoms with Crippen molar-refractivity contribution in [1.29, 1.82) is 0 Å². The average Bonchev–Trinajstić information content (AvgIpc) is 3.21. The molecular formula is C41H54N8O7. The summed E-state index contributed by atoms with van der Waals surface area (Å²) >= 11 is 0. The van der Waals surface area contributed by atoms with Crippen molar-refractivity contribution in [2.75, 3.05) is 39.9 Å². The van der Waals surface area contributed by atoms with Crippen molar-refractivity contribution in [3.05, 3.63) is 83.9 Å². The van der Waals surface area contributed by atoms with Crippen LogP contribution in [0.2, 0.25) is 0 Å². The number of amides is 5. The standard InChI is InChI=1S/C41H54N8O7/c1-27(2)37-40(53)45-18-7-11-29-13-14-34(55-3)35(24-29)56-26-36(50)44-17-8-12-31(38(51)47-32(39(52)48-37)23-28-9-5-4-6-10-28)46-30-15-21-49(22-16-30)41(54)33-25-42-19-20-43-33/h4-6,9-10,13-14,19-20,24-25,27,30-32,37,46H,7-8,11-12,15-18,21-23,26H2,1-3H3,(H,44,50)(H,45,53)(H,47,51)(H,48,52)/t31-,32-,37+/m0/s1. The van der Waals surface area contributed by atoms with Crippen LogP contribution in [-0.2, 0) is 32.0 Å². The van der Waals surface area contributed by atoms with E-state index in [4.69, 9.17) is 9.47 Å². The van der Waals surface area contributed by atoms with Gasteiger partial charge in [0.15, 0.2) is 18.1 Å². The molecule has 3 aromatic rings. The van der Waals surface area contributed by atoms with Crippen molar-refractivity contribution < 1.29 is 33.4 Å². The number of methoxy groups -OCH3 is 1. The van der Waals surface area contributed by atoms with E-state index in [1.165, 1.54) is 25.7 Å². The SMILES string of the molecule is COc1ccc2cc1OCC(=O)NCCC[C@H](NC1CCN(C(=O)c3cnccn3)CC1)C(=O)N[C@@H](Cc1ccccc1)C(=O)N[C@H](C(C)C)C(=O)NCCC2. The van der Waals surface area contributed by atoms with E-state index < -0.39 is 24.0 Å². The molecule has 15 heteroatoms. The van der Waals surface area contributed by atoms with E-state index in [9.17, 15) is 24.0 Å². The molecular weight excluding hydrogens is 716 g/mol. The second-order valence-corrected chi connectivity index (χ2v) is 14.5. The highest BCUT2D eigenvalue weighted by Crippen LogP contribution is 2.28. The molecule has 0 radical (unpaired) electrons. The van der Waals surface area contributed by atoms with Crippen LogP contribution in [0.3, 0.4) is 0 Å².